The summed E-state index contributed by atoms with van der Waals surface area (Å²) in [6, 6.07) is 64.6. The molecule has 0 unspecified atom stereocenters. The summed E-state index contributed by atoms with van der Waals surface area (Å²) in [5, 5.41) is 2.46. The van der Waals surface area contributed by atoms with Crippen LogP contribution in [0.4, 0.5) is 34.1 Å². The highest BCUT2D eigenvalue weighted by atomic mass is 15.2. The van der Waals surface area contributed by atoms with Gasteiger partial charge in [-0.25, -0.2) is 0 Å². The van der Waals surface area contributed by atoms with Crippen LogP contribution >= 0.6 is 0 Å². The maximum absolute atomic E-state index is 2.68. The van der Waals surface area contributed by atoms with E-state index in [0.29, 0.717) is 0 Å². The fourth-order valence-electron chi connectivity index (χ4n) is 14.1. The van der Waals surface area contributed by atoms with Gasteiger partial charge in [0.2, 0.25) is 13.4 Å². The first kappa shape index (κ1) is 54.1. The molecule has 81 heavy (non-hydrogen) atoms. The summed E-state index contributed by atoms with van der Waals surface area (Å²) in [6.07, 6.45) is 0. The number of hydrogen-bond acceptors (Lipinski definition) is 2. The van der Waals surface area contributed by atoms with Crippen LogP contribution in [0.15, 0.2) is 164 Å². The van der Waals surface area contributed by atoms with Gasteiger partial charge in [0.05, 0.1) is 16.7 Å². The number of para-hydroxylation sites is 2. The van der Waals surface area contributed by atoms with Crippen molar-refractivity contribution < 1.29 is 0 Å². The highest BCUT2D eigenvalue weighted by molar-refractivity contribution is 7.02. The fourth-order valence-corrected chi connectivity index (χ4v) is 14.1. The van der Waals surface area contributed by atoms with Crippen molar-refractivity contribution in [1.82, 2.24) is 4.57 Å². The molecule has 0 spiro atoms. The van der Waals surface area contributed by atoms with E-state index in [9.17, 15) is 0 Å². The van der Waals surface area contributed by atoms with Crippen LogP contribution in [0.2, 0.25) is 0 Å². The lowest BCUT2D eigenvalue weighted by Crippen LogP contribution is -2.66. The normalized spacial score (nSPS) is 13.5. The van der Waals surface area contributed by atoms with E-state index in [4.69, 9.17) is 0 Å². The molecular weight excluding hydrogens is 976 g/mol. The monoisotopic (exact) mass is 1060 g/mol. The van der Waals surface area contributed by atoms with Gasteiger partial charge in [-0.1, -0.05) is 231 Å². The Bertz CT molecular complexity index is 3910. The van der Waals surface area contributed by atoms with Crippen LogP contribution in [0, 0.1) is 41.5 Å². The van der Waals surface area contributed by atoms with Crippen LogP contribution in [-0.2, 0) is 21.7 Å². The molecule has 3 heterocycles. The van der Waals surface area contributed by atoms with Crippen LogP contribution in [0.25, 0.3) is 27.5 Å². The highest BCUT2D eigenvalue weighted by Gasteiger charge is 2.46. The second-order valence-corrected chi connectivity index (χ2v) is 28.3. The first-order valence-corrected chi connectivity index (χ1v) is 29.6. The zero-order valence-electron chi connectivity index (χ0n) is 51.6. The zero-order chi connectivity index (χ0) is 57.6. The highest BCUT2D eigenvalue weighted by Crippen LogP contribution is 2.46. The summed E-state index contributed by atoms with van der Waals surface area (Å²) in [7, 11) is 0. The topological polar surface area (TPSA) is 11.4 Å². The SMILES string of the molecule is Cc1cc(C)c(B2c3cc(C(C)(C)C)ccc3N3c4ccc(C(C)(C)C)cc4B(c4c(C)cc(C)cc4C)c4cc(-n5c6ccccc6c6cccc(N(c7ccc(C(C)(C)C)cc7)c7ccc(C(C)(C)C)cc7)c65)cc2c43)c(C)c1. The number of benzene rings is 9. The average Bonchev–Trinajstić information content (AvgIpc) is 1.91. The van der Waals surface area contributed by atoms with Crippen molar-refractivity contribution in [1.29, 1.82) is 0 Å². The average molecular weight is 1060 g/mol. The van der Waals surface area contributed by atoms with Gasteiger partial charge in [-0.05, 0) is 168 Å². The Kier molecular flexibility index (Phi) is 12.7. The minimum atomic E-state index is -0.0669. The third-order valence-corrected chi connectivity index (χ3v) is 18.1. The van der Waals surface area contributed by atoms with E-state index in [-0.39, 0.29) is 35.1 Å². The molecule has 10 aromatic rings. The summed E-state index contributed by atoms with van der Waals surface area (Å²) >= 11 is 0. The van der Waals surface area contributed by atoms with Crippen LogP contribution in [0.1, 0.15) is 139 Å². The van der Waals surface area contributed by atoms with Gasteiger partial charge in [0.15, 0.2) is 0 Å². The number of anilines is 6. The van der Waals surface area contributed by atoms with Crippen LogP contribution in [0.3, 0.4) is 0 Å². The Morgan fingerprint density at radius 1 is 0.370 bits per heavy atom. The van der Waals surface area contributed by atoms with Gasteiger partial charge in [0.1, 0.15) is 0 Å². The smallest absolute Gasteiger partial charge is 0.247 e. The number of rotatable bonds is 6. The third kappa shape index (κ3) is 9.06. The van der Waals surface area contributed by atoms with Crippen LogP contribution in [-0.4, -0.2) is 18.0 Å². The van der Waals surface area contributed by atoms with E-state index in [1.165, 1.54) is 133 Å². The van der Waals surface area contributed by atoms with E-state index in [0.717, 1.165) is 17.1 Å². The molecule has 0 bridgehead atoms. The van der Waals surface area contributed by atoms with Crippen molar-refractivity contribution in [2.24, 2.45) is 0 Å². The Morgan fingerprint density at radius 2 is 0.765 bits per heavy atom. The summed E-state index contributed by atoms with van der Waals surface area (Å²) in [6.45, 7) is 41.8. The fraction of sp³-hybridized carbons (Fsp3) is 0.289. The van der Waals surface area contributed by atoms with Gasteiger partial charge in [0.25, 0.3) is 0 Å². The standard InChI is InChI=1S/C76H81B2N3/c1-46-38-48(3)69(49(4)39-46)77-61-42-54(75(13,14)15)30-36-66(61)81-67-37-31-55(76(16,17)18)43-62(67)78(70-50(5)40-47(2)41-51(70)6)64-45-58(44-63(77)72(64)81)80-65-24-20-19-22-59(65)60-23-21-25-68(71(60)80)79(56-32-26-52(27-33-56)73(7,8)9)57-34-28-53(29-35-57)74(10,11)12/h19-45H,1-18H3. The molecule has 2 aliphatic heterocycles. The molecule has 3 nitrogen and oxygen atoms in total. The van der Waals surface area contributed by atoms with Gasteiger partial charge in [-0.15, -0.1) is 0 Å². The van der Waals surface area contributed by atoms with Gasteiger partial charge >= 0.3 is 0 Å². The van der Waals surface area contributed by atoms with E-state index < -0.39 is 0 Å². The summed E-state index contributed by atoms with van der Waals surface area (Å²) in [4.78, 5) is 5.20. The van der Waals surface area contributed by atoms with Crippen molar-refractivity contribution in [3.8, 4) is 5.69 Å². The third-order valence-electron chi connectivity index (χ3n) is 18.1. The molecule has 12 rings (SSSR count). The van der Waals surface area contributed by atoms with Gasteiger partial charge in [-0.3, -0.25) is 0 Å². The van der Waals surface area contributed by atoms with Gasteiger partial charge in [0, 0.05) is 44.9 Å². The first-order valence-electron chi connectivity index (χ1n) is 29.6. The van der Waals surface area contributed by atoms with Crippen LogP contribution in [0.5, 0.6) is 0 Å². The minimum Gasteiger partial charge on any atom is -0.313 e. The van der Waals surface area contributed by atoms with Crippen molar-refractivity contribution >= 4 is 102 Å². The molecule has 0 aliphatic carbocycles. The lowest BCUT2D eigenvalue weighted by Gasteiger charge is -2.45. The molecule has 9 aromatic carbocycles. The predicted molar refractivity (Wildman–Crippen MR) is 356 cm³/mol. The quantitative estimate of drug-likeness (QED) is 0.154. The molecule has 5 heteroatoms. The minimum absolute atomic E-state index is 0.0111. The maximum Gasteiger partial charge on any atom is 0.247 e. The molecule has 1 aromatic heterocycles. The first-order chi connectivity index (χ1) is 38.2. The number of aromatic nitrogens is 1. The lowest BCUT2D eigenvalue weighted by molar-refractivity contribution is 0.590. The molecule has 0 radical (unpaired) electrons. The van der Waals surface area contributed by atoms with Gasteiger partial charge in [-0.2, -0.15) is 0 Å². The Balaban J connectivity index is 1.26. The van der Waals surface area contributed by atoms with Crippen molar-refractivity contribution in [2.75, 3.05) is 9.80 Å². The number of fused-ring (bicyclic) bond motifs is 7. The van der Waals surface area contributed by atoms with E-state index >= 15 is 0 Å². The van der Waals surface area contributed by atoms with E-state index in [1.807, 2.05) is 0 Å². The summed E-state index contributed by atoms with van der Waals surface area (Å²) in [5.74, 6) is 0. The largest absolute Gasteiger partial charge is 0.313 e. The molecule has 2 aliphatic rings. The molecule has 0 saturated carbocycles. The lowest BCUT2D eigenvalue weighted by atomic mass is 9.29. The maximum atomic E-state index is 2.68. The van der Waals surface area contributed by atoms with Crippen molar-refractivity contribution in [3.05, 3.63) is 219 Å². The molecule has 0 atom stereocenters. The molecule has 0 N–H and O–H groups in total. The predicted octanol–water partition coefficient (Wildman–Crippen LogP) is 16.4. The molecule has 0 fully saturated rings. The molecular formula is C76H81B2N3. The van der Waals surface area contributed by atoms with Gasteiger partial charge < -0.3 is 14.4 Å². The van der Waals surface area contributed by atoms with Crippen LogP contribution < -0.4 is 42.6 Å². The van der Waals surface area contributed by atoms with E-state index in [2.05, 4.69) is 303 Å². The Morgan fingerprint density at radius 3 is 1.19 bits per heavy atom. The molecule has 0 amide bonds. The Hall–Kier alpha value is -7.49. The van der Waals surface area contributed by atoms with Crippen molar-refractivity contribution in [2.45, 2.75) is 146 Å². The molecule has 406 valence electrons. The number of nitrogens with zero attached hydrogens (tertiary/aromatic N) is 3. The Labute approximate surface area is 485 Å². The number of aryl methyl sites for hydroxylation is 6. The summed E-state index contributed by atoms with van der Waals surface area (Å²) < 4.78 is 2.64. The number of hydrogen-bond donors (Lipinski definition) is 0. The second kappa shape index (κ2) is 19.1. The van der Waals surface area contributed by atoms with E-state index in [1.54, 1.807) is 0 Å². The zero-order valence-corrected chi connectivity index (χ0v) is 51.6. The summed E-state index contributed by atoms with van der Waals surface area (Å²) in [5.41, 5.74) is 32.0. The van der Waals surface area contributed by atoms with Crippen molar-refractivity contribution in [3.63, 3.8) is 0 Å². The second-order valence-electron chi connectivity index (χ2n) is 28.3. The molecule has 0 saturated heterocycles.